The first-order valence-electron chi connectivity index (χ1n) is 11.1. The van der Waals surface area contributed by atoms with Gasteiger partial charge in [-0.3, -0.25) is 0 Å². The molecule has 1 aliphatic rings. The Kier molecular flexibility index (Phi) is 4.18. The molecule has 0 fully saturated rings. The molecule has 0 N–H and O–H groups in total. The Balaban J connectivity index is 1.66. The van der Waals surface area contributed by atoms with Gasteiger partial charge in [0.05, 0.1) is 5.41 Å². The van der Waals surface area contributed by atoms with Crippen LogP contribution in [-0.2, 0) is 5.41 Å². The molecular weight excluding hydrogens is 484 g/mol. The summed E-state index contributed by atoms with van der Waals surface area (Å²) in [5.41, 5.74) is 7.56. The number of fused-ring (bicyclic) bond motifs is 6. The molecule has 0 amide bonds. The molecule has 0 nitrogen and oxygen atoms in total. The quantitative estimate of drug-likeness (QED) is 0.221. The van der Waals surface area contributed by atoms with E-state index in [9.17, 15) is 0 Å². The number of hydrogen-bond donors (Lipinski definition) is 0. The number of rotatable bonds is 2. The van der Waals surface area contributed by atoms with Crippen LogP contribution in [0.1, 0.15) is 22.3 Å². The predicted octanol–water partition coefficient (Wildman–Crippen LogP) is 9.18. The SMILES string of the molecule is Brc1ccc2c(c1)C(c1ccccc1)(c1ccc3sc4ccccc4c3c1)c1ccccc1-2. The van der Waals surface area contributed by atoms with Crippen molar-refractivity contribution < 1.29 is 0 Å². The highest BCUT2D eigenvalue weighted by molar-refractivity contribution is 9.10. The van der Waals surface area contributed by atoms with Crippen molar-refractivity contribution in [3.05, 3.63) is 142 Å². The van der Waals surface area contributed by atoms with E-state index in [2.05, 4.69) is 131 Å². The van der Waals surface area contributed by atoms with Crippen LogP contribution >= 0.6 is 27.3 Å². The summed E-state index contributed by atoms with van der Waals surface area (Å²) in [5, 5.41) is 2.67. The van der Waals surface area contributed by atoms with E-state index in [0.717, 1.165) is 4.47 Å². The molecule has 5 aromatic carbocycles. The van der Waals surface area contributed by atoms with Crippen LogP contribution in [-0.4, -0.2) is 0 Å². The maximum absolute atomic E-state index is 3.77. The fourth-order valence-corrected chi connectivity index (χ4v) is 7.14. The fourth-order valence-electron chi connectivity index (χ4n) is 5.69. The van der Waals surface area contributed by atoms with Crippen LogP contribution < -0.4 is 0 Å². The Morgan fingerprint density at radius 2 is 1.24 bits per heavy atom. The van der Waals surface area contributed by atoms with Crippen LogP contribution in [0.2, 0.25) is 0 Å². The molecule has 156 valence electrons. The van der Waals surface area contributed by atoms with Crippen molar-refractivity contribution >= 4 is 47.4 Å². The maximum atomic E-state index is 3.77. The van der Waals surface area contributed by atoms with Crippen LogP contribution in [0.25, 0.3) is 31.3 Å². The zero-order valence-electron chi connectivity index (χ0n) is 17.8. The van der Waals surface area contributed by atoms with Crippen LogP contribution in [0.3, 0.4) is 0 Å². The minimum atomic E-state index is -0.367. The minimum Gasteiger partial charge on any atom is -0.135 e. The molecule has 6 aromatic rings. The smallest absolute Gasteiger partial charge is 0.0714 e. The monoisotopic (exact) mass is 502 g/mol. The zero-order chi connectivity index (χ0) is 22.0. The van der Waals surface area contributed by atoms with E-state index in [1.54, 1.807) is 0 Å². The van der Waals surface area contributed by atoms with Gasteiger partial charge in [0.15, 0.2) is 0 Å². The van der Waals surface area contributed by atoms with E-state index < -0.39 is 0 Å². The Morgan fingerprint density at radius 1 is 0.515 bits per heavy atom. The molecule has 1 unspecified atom stereocenters. The van der Waals surface area contributed by atoms with Crippen LogP contribution in [0.15, 0.2) is 120 Å². The van der Waals surface area contributed by atoms with Gasteiger partial charge in [-0.05, 0) is 63.7 Å². The average Bonchev–Trinajstić information content (AvgIpc) is 3.38. The first kappa shape index (κ1) is 19.3. The van der Waals surface area contributed by atoms with Crippen molar-refractivity contribution in [3.8, 4) is 11.1 Å². The normalized spacial score (nSPS) is 16.8. The van der Waals surface area contributed by atoms with Gasteiger partial charge < -0.3 is 0 Å². The van der Waals surface area contributed by atoms with Gasteiger partial charge >= 0.3 is 0 Å². The lowest BCUT2D eigenvalue weighted by atomic mass is 9.67. The maximum Gasteiger partial charge on any atom is 0.0714 e. The van der Waals surface area contributed by atoms with Gasteiger partial charge in [0.1, 0.15) is 0 Å². The molecule has 1 aliphatic carbocycles. The summed E-state index contributed by atoms with van der Waals surface area (Å²) in [4.78, 5) is 0. The summed E-state index contributed by atoms with van der Waals surface area (Å²) < 4.78 is 3.79. The van der Waals surface area contributed by atoms with E-state index in [4.69, 9.17) is 0 Å². The van der Waals surface area contributed by atoms with Crippen molar-refractivity contribution in [1.29, 1.82) is 0 Å². The molecule has 0 spiro atoms. The third-order valence-electron chi connectivity index (χ3n) is 7.02. The second-order valence-electron chi connectivity index (χ2n) is 8.66. The molecule has 7 rings (SSSR count). The number of thiophene rings is 1. The van der Waals surface area contributed by atoms with Crippen molar-refractivity contribution in [3.63, 3.8) is 0 Å². The molecule has 0 radical (unpaired) electrons. The number of benzene rings is 5. The van der Waals surface area contributed by atoms with Gasteiger partial charge in [-0.2, -0.15) is 0 Å². The molecule has 0 bridgehead atoms. The lowest BCUT2D eigenvalue weighted by Crippen LogP contribution is -2.28. The molecule has 1 aromatic heterocycles. The standard InChI is InChI=1S/C31H19BrS/c32-22-15-16-24-23-10-4-6-12-27(23)31(28(24)19-22,20-8-2-1-3-9-20)21-14-17-30-26(18-21)25-11-5-7-13-29(25)33-30/h1-19H. The van der Waals surface area contributed by atoms with Crippen LogP contribution in [0.5, 0.6) is 0 Å². The van der Waals surface area contributed by atoms with Gasteiger partial charge in [-0.15, -0.1) is 11.3 Å². The van der Waals surface area contributed by atoms with Gasteiger partial charge in [0.2, 0.25) is 0 Å². The van der Waals surface area contributed by atoms with Crippen molar-refractivity contribution in [2.45, 2.75) is 5.41 Å². The van der Waals surface area contributed by atoms with E-state index in [1.807, 2.05) is 11.3 Å². The summed E-state index contributed by atoms with van der Waals surface area (Å²) in [6.45, 7) is 0. The minimum absolute atomic E-state index is 0.367. The van der Waals surface area contributed by atoms with E-state index in [0.29, 0.717) is 0 Å². The summed E-state index contributed by atoms with van der Waals surface area (Å²) in [5.74, 6) is 0. The number of hydrogen-bond acceptors (Lipinski definition) is 1. The highest BCUT2D eigenvalue weighted by Gasteiger charge is 2.46. The van der Waals surface area contributed by atoms with Gasteiger partial charge in [-0.25, -0.2) is 0 Å². The van der Waals surface area contributed by atoms with E-state index >= 15 is 0 Å². The average molecular weight is 503 g/mol. The van der Waals surface area contributed by atoms with Gasteiger partial charge in [-0.1, -0.05) is 101 Å². The first-order chi connectivity index (χ1) is 16.3. The molecule has 33 heavy (non-hydrogen) atoms. The molecular formula is C31H19BrS. The largest absolute Gasteiger partial charge is 0.135 e. The lowest BCUT2D eigenvalue weighted by Gasteiger charge is -2.34. The Hall–Kier alpha value is -3.20. The number of halogens is 1. The molecule has 1 heterocycles. The summed E-state index contributed by atoms with van der Waals surface area (Å²) in [7, 11) is 0. The molecule has 2 heteroatoms. The highest BCUT2D eigenvalue weighted by atomic mass is 79.9. The van der Waals surface area contributed by atoms with Crippen LogP contribution in [0.4, 0.5) is 0 Å². The van der Waals surface area contributed by atoms with Crippen LogP contribution in [0, 0.1) is 0 Å². The second kappa shape index (κ2) is 7.15. The Morgan fingerprint density at radius 3 is 2.15 bits per heavy atom. The third kappa shape index (κ3) is 2.62. The summed E-state index contributed by atoms with van der Waals surface area (Å²) in [6, 6.07) is 42.5. The highest BCUT2D eigenvalue weighted by Crippen LogP contribution is 2.57. The van der Waals surface area contributed by atoms with Crippen molar-refractivity contribution in [2.75, 3.05) is 0 Å². The van der Waals surface area contributed by atoms with Crippen molar-refractivity contribution in [1.82, 2.24) is 0 Å². The first-order valence-corrected chi connectivity index (χ1v) is 12.7. The Bertz CT molecular complexity index is 1680. The van der Waals surface area contributed by atoms with Crippen molar-refractivity contribution in [2.24, 2.45) is 0 Å². The zero-order valence-corrected chi connectivity index (χ0v) is 20.2. The molecule has 0 aliphatic heterocycles. The second-order valence-corrected chi connectivity index (χ2v) is 10.7. The molecule has 0 saturated carbocycles. The third-order valence-corrected chi connectivity index (χ3v) is 8.67. The lowest BCUT2D eigenvalue weighted by molar-refractivity contribution is 0.769. The van der Waals surface area contributed by atoms with Gasteiger partial charge in [0.25, 0.3) is 0 Å². The summed E-state index contributed by atoms with van der Waals surface area (Å²) in [6.07, 6.45) is 0. The van der Waals surface area contributed by atoms with E-state index in [-0.39, 0.29) is 5.41 Å². The fraction of sp³-hybridized carbons (Fsp3) is 0.0323. The summed E-state index contributed by atoms with van der Waals surface area (Å²) >= 11 is 5.65. The predicted molar refractivity (Wildman–Crippen MR) is 144 cm³/mol. The molecule has 0 saturated heterocycles. The van der Waals surface area contributed by atoms with E-state index in [1.165, 1.54) is 53.6 Å². The Labute approximate surface area is 205 Å². The van der Waals surface area contributed by atoms with Gasteiger partial charge in [0, 0.05) is 24.6 Å². The molecule has 1 atom stereocenters. The topological polar surface area (TPSA) is 0 Å².